The first-order chi connectivity index (χ1) is 14.9. The van der Waals surface area contributed by atoms with Gasteiger partial charge in [-0.2, -0.15) is 0 Å². The second kappa shape index (κ2) is 10.4. The number of β-lactam (4-membered cyclic amide) rings is 1. The molecule has 0 bridgehead atoms. The topological polar surface area (TPSA) is 238 Å². The van der Waals surface area contributed by atoms with Crippen LogP contribution < -0.4 is 51.4 Å². The van der Waals surface area contributed by atoms with E-state index >= 15 is 0 Å². The first-order valence-corrected chi connectivity index (χ1v) is 12.3. The van der Waals surface area contributed by atoms with Crippen molar-refractivity contribution in [3.05, 3.63) is 22.3 Å². The van der Waals surface area contributed by atoms with Gasteiger partial charge in [0.05, 0.1) is 17.4 Å². The zero-order valence-corrected chi connectivity index (χ0v) is 21.3. The van der Waals surface area contributed by atoms with Crippen molar-refractivity contribution in [1.29, 1.82) is 0 Å². The summed E-state index contributed by atoms with van der Waals surface area (Å²) in [5, 5.41) is 26.6. The number of hydrogen-bond donors (Lipinski definition) is 4. The number of thioether (sulfide) groups is 1. The van der Waals surface area contributed by atoms with E-state index in [4.69, 9.17) is 16.7 Å². The molecule has 1 aromatic rings. The molecular weight excluding hydrogens is 511 g/mol. The van der Waals surface area contributed by atoms with E-state index in [1.54, 1.807) is 0 Å². The predicted octanol–water partition coefficient (Wildman–Crippen LogP) is -6.79. The number of nitrogens with one attached hydrogen (secondary N) is 1. The number of aromatic nitrogens is 1. The summed E-state index contributed by atoms with van der Waals surface area (Å²) in [7, 11) is -4.06. The van der Waals surface area contributed by atoms with Crippen molar-refractivity contribution in [3.63, 3.8) is 0 Å². The Balaban J connectivity index is 0.00000385. The summed E-state index contributed by atoms with van der Waals surface area (Å²) in [6.07, 6.45) is 0. The number of anilines is 1. The molecule has 1 saturated heterocycles. The Labute approximate surface area is 216 Å². The normalized spacial score (nSPS) is 20.4. The number of nitrogens with zero attached hydrogens (tertiary/aromatic N) is 3. The average molecular weight is 527 g/mol. The monoisotopic (exact) mass is 526 g/mol. The van der Waals surface area contributed by atoms with Crippen LogP contribution in [-0.2, 0) is 29.0 Å². The third-order valence-electron chi connectivity index (χ3n) is 4.36. The molecule has 6 N–H and O–H groups in total. The van der Waals surface area contributed by atoms with E-state index in [2.05, 4.69) is 15.5 Å². The van der Waals surface area contributed by atoms with E-state index in [0.717, 1.165) is 28.0 Å². The van der Waals surface area contributed by atoms with Crippen molar-refractivity contribution in [3.8, 4) is 0 Å². The second-order valence-corrected chi connectivity index (χ2v) is 10.7. The van der Waals surface area contributed by atoms with Gasteiger partial charge in [-0.25, -0.2) is 13.4 Å². The van der Waals surface area contributed by atoms with Crippen LogP contribution in [0.5, 0.6) is 0 Å². The molecule has 0 aliphatic carbocycles. The average Bonchev–Trinajstić information content (AvgIpc) is 3.10. The number of primary amides is 1. The fraction of sp³-hybridized carbons (Fsp3) is 0.333. The SMILES string of the molecule is NC(=O)CS(=O)(=O)CC1=C(C(=O)[O-])N2C(=O)C(NC(=O)/C(=N\O)c3csc(N)n3)[C@H]2SC1.[Na+]. The summed E-state index contributed by atoms with van der Waals surface area (Å²) < 4.78 is 24.1. The van der Waals surface area contributed by atoms with E-state index < -0.39 is 67.9 Å². The third kappa shape index (κ3) is 5.67. The van der Waals surface area contributed by atoms with Crippen molar-refractivity contribution in [2.45, 2.75) is 11.4 Å². The van der Waals surface area contributed by atoms with Crippen LogP contribution in [0, 0.1) is 0 Å². The quantitative estimate of drug-likeness (QED) is 0.0816. The number of nitrogen functional groups attached to an aromatic ring is 1. The van der Waals surface area contributed by atoms with Crippen LogP contribution in [0.25, 0.3) is 0 Å². The summed E-state index contributed by atoms with van der Waals surface area (Å²) in [6, 6.07) is -1.18. The molecule has 172 valence electrons. The van der Waals surface area contributed by atoms with Gasteiger partial charge in [0.2, 0.25) is 5.91 Å². The van der Waals surface area contributed by atoms with Crippen molar-refractivity contribution in [2.75, 3.05) is 23.0 Å². The molecule has 3 heterocycles. The number of oxime groups is 1. The number of carbonyl (C=O) groups excluding carboxylic acids is 4. The first kappa shape index (κ1) is 27.1. The van der Waals surface area contributed by atoms with Gasteiger partial charge in [-0.15, -0.1) is 23.1 Å². The van der Waals surface area contributed by atoms with Gasteiger partial charge in [0.15, 0.2) is 20.7 Å². The van der Waals surface area contributed by atoms with E-state index in [9.17, 15) is 32.7 Å². The molecule has 3 amide bonds. The van der Waals surface area contributed by atoms with Gasteiger partial charge >= 0.3 is 29.6 Å². The molecule has 0 spiro atoms. The van der Waals surface area contributed by atoms with Gasteiger partial charge in [0.25, 0.3) is 11.8 Å². The predicted molar refractivity (Wildman–Crippen MR) is 110 cm³/mol. The van der Waals surface area contributed by atoms with Crippen LogP contribution in [0.3, 0.4) is 0 Å². The molecule has 1 aromatic heterocycles. The van der Waals surface area contributed by atoms with E-state index in [1.807, 2.05) is 0 Å². The second-order valence-electron chi connectivity index (χ2n) is 6.62. The van der Waals surface area contributed by atoms with Crippen molar-refractivity contribution in [2.24, 2.45) is 10.9 Å². The molecular formula is C15H15N6NaO8S3. The molecule has 0 radical (unpaired) electrons. The molecule has 1 unspecified atom stereocenters. The summed E-state index contributed by atoms with van der Waals surface area (Å²) in [5.74, 6) is -6.58. The number of hydrogen-bond acceptors (Lipinski definition) is 13. The van der Waals surface area contributed by atoms with Crippen LogP contribution in [-0.4, -0.2) is 81.6 Å². The standard InChI is InChI=1S/C15H16N6O8S3.Na/c16-7(22)4-32(28,29)3-5-1-30-13-9(12(24)21(13)10(5)14(25)26)19-11(23)8(20-27)6-2-31-15(17)18-6;/h2,9,13,27H,1,3-4H2,(H2,16,22)(H2,17,18)(H,19,23)(H,25,26);/q;+1/p-1/b20-8-;/t9?,13-;/m1./s1. The Morgan fingerprint density at radius 1 is 1.39 bits per heavy atom. The number of thiazole rings is 1. The number of amides is 3. The summed E-state index contributed by atoms with van der Waals surface area (Å²) in [4.78, 5) is 52.3. The molecule has 2 aliphatic heterocycles. The third-order valence-corrected chi connectivity index (χ3v) is 7.89. The van der Waals surface area contributed by atoms with Crippen LogP contribution in [0.2, 0.25) is 0 Å². The maximum atomic E-state index is 12.6. The Morgan fingerprint density at radius 2 is 2.06 bits per heavy atom. The maximum absolute atomic E-state index is 12.6. The number of carbonyl (C=O) groups is 4. The van der Waals surface area contributed by atoms with Crippen LogP contribution in [0.4, 0.5) is 5.13 Å². The molecule has 1 fully saturated rings. The summed E-state index contributed by atoms with van der Waals surface area (Å²) in [5.41, 5.74) is 9.08. The molecule has 0 aromatic carbocycles. The molecule has 18 heteroatoms. The number of sulfone groups is 1. The number of fused-ring (bicyclic) bond motifs is 1. The largest absolute Gasteiger partial charge is 1.00 e. The number of nitrogens with two attached hydrogens (primary N) is 2. The van der Waals surface area contributed by atoms with Crippen molar-refractivity contribution >= 4 is 67.5 Å². The fourth-order valence-electron chi connectivity index (χ4n) is 3.13. The van der Waals surface area contributed by atoms with Crippen LogP contribution in [0.15, 0.2) is 21.8 Å². The van der Waals surface area contributed by atoms with E-state index in [0.29, 0.717) is 0 Å². The van der Waals surface area contributed by atoms with Gasteiger partial charge in [-0.1, -0.05) is 5.16 Å². The van der Waals surface area contributed by atoms with Crippen LogP contribution >= 0.6 is 23.1 Å². The van der Waals surface area contributed by atoms with E-state index in [1.165, 1.54) is 5.38 Å². The van der Waals surface area contributed by atoms with Gasteiger partial charge in [0.1, 0.15) is 22.9 Å². The summed E-state index contributed by atoms with van der Waals surface area (Å²) >= 11 is 1.99. The maximum Gasteiger partial charge on any atom is 1.00 e. The number of rotatable bonds is 8. The molecule has 33 heavy (non-hydrogen) atoms. The first-order valence-electron chi connectivity index (χ1n) is 8.56. The molecule has 2 aliphatic rings. The van der Waals surface area contributed by atoms with Gasteiger partial charge < -0.3 is 31.9 Å². The molecule has 0 saturated carbocycles. The van der Waals surface area contributed by atoms with Gasteiger partial charge in [-0.3, -0.25) is 19.3 Å². The Kier molecular flexibility index (Phi) is 8.52. The molecule has 14 nitrogen and oxygen atoms in total. The van der Waals surface area contributed by atoms with E-state index in [-0.39, 0.29) is 51.7 Å². The van der Waals surface area contributed by atoms with Crippen LogP contribution in [0.1, 0.15) is 5.69 Å². The molecule has 2 atom stereocenters. The number of aliphatic carboxylic acids is 1. The van der Waals surface area contributed by atoms with Crippen molar-refractivity contribution in [1.82, 2.24) is 15.2 Å². The Hall–Kier alpha value is -2.18. The van der Waals surface area contributed by atoms with Gasteiger partial charge in [0, 0.05) is 11.1 Å². The minimum Gasteiger partial charge on any atom is -0.543 e. The number of carboxylic acid groups (broad SMARTS) is 1. The smallest absolute Gasteiger partial charge is 0.543 e. The van der Waals surface area contributed by atoms with Crippen molar-refractivity contribution < 1.29 is 67.5 Å². The Morgan fingerprint density at radius 3 is 2.58 bits per heavy atom. The zero-order chi connectivity index (χ0) is 23.8. The number of carboxylic acids is 1. The zero-order valence-electron chi connectivity index (χ0n) is 16.9. The fourth-order valence-corrected chi connectivity index (χ4v) is 6.46. The molecule has 3 rings (SSSR count). The minimum atomic E-state index is -4.06. The Bertz CT molecular complexity index is 1180. The minimum absolute atomic E-state index is 0. The van der Waals surface area contributed by atoms with Gasteiger partial charge in [-0.05, 0) is 5.57 Å². The summed E-state index contributed by atoms with van der Waals surface area (Å²) in [6.45, 7) is 0.